The number of carbonyl (C=O) groups is 1. The van der Waals surface area contributed by atoms with E-state index in [1.54, 1.807) is 0 Å². The van der Waals surface area contributed by atoms with Crippen LogP contribution in [0.25, 0.3) is 0 Å². The third-order valence-electron chi connectivity index (χ3n) is 4.33. The van der Waals surface area contributed by atoms with Crippen LogP contribution in [-0.2, 0) is 4.74 Å². The Bertz CT molecular complexity index is 732. The molecule has 0 aliphatic carbocycles. The summed E-state index contributed by atoms with van der Waals surface area (Å²) in [5.74, 6) is 0. The standard InChI is InChI=1S/C22H22NO2P.ClH/c1-2-25-22(24)23-18-26(19-12-6-3-7-13-19,20-14-8-4-9-15-20)21-16-10-5-11-17-21;/h3-17H,2,18H2,1H3;1H. The van der Waals surface area contributed by atoms with E-state index in [0.29, 0.717) is 12.9 Å². The first-order valence-electron chi connectivity index (χ1n) is 8.73. The minimum atomic E-state index is -2.04. The smallest absolute Gasteiger partial charge is 0.409 e. The molecule has 5 heteroatoms. The van der Waals surface area contributed by atoms with Gasteiger partial charge in [-0.25, -0.2) is 4.79 Å². The van der Waals surface area contributed by atoms with E-state index in [9.17, 15) is 4.79 Å². The molecule has 0 fully saturated rings. The van der Waals surface area contributed by atoms with E-state index in [0.717, 1.165) is 0 Å². The molecule has 1 amide bonds. The summed E-state index contributed by atoms with van der Waals surface area (Å²) in [6.07, 6.45) is 0.142. The highest BCUT2D eigenvalue weighted by Crippen LogP contribution is 2.54. The van der Waals surface area contributed by atoms with Gasteiger partial charge in [0.1, 0.15) is 29.5 Å². The maximum absolute atomic E-state index is 12.1. The fraction of sp³-hybridized carbons (Fsp3) is 0.136. The second-order valence-electron chi connectivity index (χ2n) is 5.87. The molecule has 3 rings (SSSR count). The zero-order valence-electron chi connectivity index (χ0n) is 15.2. The number of hydrogen-bond donors (Lipinski definition) is 1. The molecule has 0 aliphatic rings. The molecular formula is C22H23ClNO2P. The van der Waals surface area contributed by atoms with Gasteiger partial charge in [0, 0.05) is 0 Å². The summed E-state index contributed by atoms with van der Waals surface area (Å²) in [7, 11) is -2.04. The summed E-state index contributed by atoms with van der Waals surface area (Å²) < 4.78 is 5.11. The van der Waals surface area contributed by atoms with Crippen LogP contribution in [-0.4, -0.2) is 19.0 Å². The van der Waals surface area contributed by atoms with Crippen molar-refractivity contribution in [2.75, 3.05) is 12.9 Å². The van der Waals surface area contributed by atoms with Crippen LogP contribution in [0.3, 0.4) is 0 Å². The van der Waals surface area contributed by atoms with Gasteiger partial charge in [0.05, 0.1) is 6.61 Å². The van der Waals surface area contributed by atoms with Gasteiger partial charge in [0.2, 0.25) is 0 Å². The highest BCUT2D eigenvalue weighted by molar-refractivity contribution is 7.95. The van der Waals surface area contributed by atoms with E-state index < -0.39 is 7.26 Å². The normalized spacial score (nSPS) is 10.6. The van der Waals surface area contributed by atoms with E-state index in [4.69, 9.17) is 4.74 Å². The summed E-state index contributed by atoms with van der Waals surface area (Å²) >= 11 is 0. The Hall–Kier alpha value is -2.35. The van der Waals surface area contributed by atoms with Crippen molar-refractivity contribution < 1.29 is 21.9 Å². The SMILES string of the molecule is CCOC(=O)NC[P+](c1ccccc1)(c1ccccc1)c1ccccc1.[Cl-]. The summed E-state index contributed by atoms with van der Waals surface area (Å²) in [6, 6.07) is 31.3. The summed E-state index contributed by atoms with van der Waals surface area (Å²) in [5.41, 5.74) is 0. The zero-order valence-corrected chi connectivity index (χ0v) is 16.9. The van der Waals surface area contributed by atoms with Gasteiger partial charge in [-0.05, 0) is 43.3 Å². The molecule has 140 valence electrons. The summed E-state index contributed by atoms with van der Waals surface area (Å²) in [4.78, 5) is 12.1. The predicted molar refractivity (Wildman–Crippen MR) is 110 cm³/mol. The van der Waals surface area contributed by atoms with Crippen LogP contribution in [0, 0.1) is 0 Å². The van der Waals surface area contributed by atoms with Gasteiger partial charge < -0.3 is 17.1 Å². The van der Waals surface area contributed by atoms with Crippen molar-refractivity contribution in [1.82, 2.24) is 5.32 Å². The molecule has 0 unspecified atom stereocenters. The Morgan fingerprint density at radius 2 is 1.15 bits per heavy atom. The van der Waals surface area contributed by atoms with Crippen LogP contribution in [0.5, 0.6) is 0 Å². The number of rotatable bonds is 6. The van der Waals surface area contributed by atoms with Crippen LogP contribution < -0.4 is 33.6 Å². The maximum atomic E-state index is 12.1. The van der Waals surface area contributed by atoms with E-state index in [1.165, 1.54) is 15.9 Å². The molecule has 0 saturated carbocycles. The second-order valence-corrected chi connectivity index (χ2v) is 9.36. The molecular weight excluding hydrogens is 377 g/mol. The lowest BCUT2D eigenvalue weighted by Crippen LogP contribution is -3.00. The van der Waals surface area contributed by atoms with Crippen LogP contribution in [0.2, 0.25) is 0 Å². The quantitative estimate of drug-likeness (QED) is 0.619. The number of benzene rings is 3. The number of hydrogen-bond acceptors (Lipinski definition) is 2. The molecule has 1 N–H and O–H groups in total. The number of halogens is 1. The Balaban J connectivity index is 0.00000261. The molecule has 0 atom stereocenters. The molecule has 0 bridgehead atoms. The zero-order chi connectivity index (χ0) is 18.2. The van der Waals surface area contributed by atoms with Gasteiger partial charge in [-0.1, -0.05) is 54.6 Å². The molecule has 3 aromatic rings. The Morgan fingerprint density at radius 3 is 1.48 bits per heavy atom. The number of ether oxygens (including phenoxy) is 1. The van der Waals surface area contributed by atoms with Gasteiger partial charge in [0.25, 0.3) is 0 Å². The van der Waals surface area contributed by atoms with E-state index in [1.807, 2.05) is 25.1 Å². The highest BCUT2D eigenvalue weighted by Gasteiger charge is 2.45. The highest BCUT2D eigenvalue weighted by atomic mass is 35.5. The summed E-state index contributed by atoms with van der Waals surface area (Å²) in [6.45, 7) is 2.17. The van der Waals surface area contributed by atoms with E-state index >= 15 is 0 Å². The first-order valence-corrected chi connectivity index (χ1v) is 10.7. The maximum Gasteiger partial charge on any atom is 0.409 e. The van der Waals surface area contributed by atoms with Crippen LogP contribution >= 0.6 is 7.26 Å². The lowest BCUT2D eigenvalue weighted by atomic mass is 10.4. The van der Waals surface area contributed by atoms with E-state index in [2.05, 4.69) is 78.1 Å². The van der Waals surface area contributed by atoms with Gasteiger partial charge in [0.15, 0.2) is 0 Å². The molecule has 0 aromatic heterocycles. The molecule has 0 radical (unpaired) electrons. The average molecular weight is 400 g/mol. The van der Waals surface area contributed by atoms with Gasteiger partial charge in [-0.15, -0.1) is 0 Å². The third kappa shape index (κ3) is 4.68. The molecule has 0 saturated heterocycles. The topological polar surface area (TPSA) is 38.3 Å². The number of amides is 1. The van der Waals surface area contributed by atoms with Crippen molar-refractivity contribution in [3.63, 3.8) is 0 Å². The van der Waals surface area contributed by atoms with Gasteiger partial charge in [-0.3, -0.25) is 5.32 Å². The van der Waals surface area contributed by atoms with Crippen molar-refractivity contribution in [3.8, 4) is 0 Å². The monoisotopic (exact) mass is 399 g/mol. The molecule has 0 heterocycles. The first-order chi connectivity index (χ1) is 12.8. The lowest BCUT2D eigenvalue weighted by Gasteiger charge is -2.27. The van der Waals surface area contributed by atoms with Crippen LogP contribution in [0.15, 0.2) is 91.0 Å². The van der Waals surface area contributed by atoms with Gasteiger partial charge in [-0.2, -0.15) is 0 Å². The molecule has 3 aromatic carbocycles. The molecule has 0 aliphatic heterocycles. The predicted octanol–water partition coefficient (Wildman–Crippen LogP) is 0.688. The fourth-order valence-electron chi connectivity index (χ4n) is 3.13. The lowest BCUT2D eigenvalue weighted by molar-refractivity contribution is -0.0000112. The second kappa shape index (κ2) is 10.1. The first kappa shape index (κ1) is 21.0. The van der Waals surface area contributed by atoms with Crippen molar-refractivity contribution in [1.29, 1.82) is 0 Å². The molecule has 0 spiro atoms. The van der Waals surface area contributed by atoms with Crippen LogP contribution in [0.1, 0.15) is 6.92 Å². The van der Waals surface area contributed by atoms with Crippen molar-refractivity contribution in [2.45, 2.75) is 6.92 Å². The Kier molecular flexibility index (Phi) is 7.84. The number of carbonyl (C=O) groups excluding carboxylic acids is 1. The third-order valence-corrected chi connectivity index (χ3v) is 8.50. The average Bonchev–Trinajstić information content (AvgIpc) is 2.71. The van der Waals surface area contributed by atoms with Crippen molar-refractivity contribution in [2.24, 2.45) is 0 Å². The van der Waals surface area contributed by atoms with Crippen molar-refractivity contribution >= 4 is 29.3 Å². The fourth-order valence-corrected chi connectivity index (χ4v) is 6.99. The Morgan fingerprint density at radius 1 is 0.778 bits per heavy atom. The Labute approximate surface area is 167 Å². The molecule has 27 heavy (non-hydrogen) atoms. The summed E-state index contributed by atoms with van der Waals surface area (Å²) in [5, 5.41) is 6.70. The van der Waals surface area contributed by atoms with Gasteiger partial charge >= 0.3 is 6.09 Å². The largest absolute Gasteiger partial charge is 1.00 e. The van der Waals surface area contributed by atoms with E-state index in [-0.39, 0.29) is 18.5 Å². The number of alkyl carbamates (subject to hydrolysis) is 1. The minimum Gasteiger partial charge on any atom is -1.00 e. The van der Waals surface area contributed by atoms with Crippen molar-refractivity contribution in [3.05, 3.63) is 91.0 Å². The number of nitrogens with one attached hydrogen (secondary N) is 1. The minimum absolute atomic E-state index is 0. The molecule has 3 nitrogen and oxygen atoms in total. The van der Waals surface area contributed by atoms with Crippen LogP contribution in [0.4, 0.5) is 4.79 Å².